The summed E-state index contributed by atoms with van der Waals surface area (Å²) in [6.45, 7) is 4.39. The average molecular weight is 219 g/mol. The van der Waals surface area contributed by atoms with Gasteiger partial charge in [0.1, 0.15) is 6.61 Å². The quantitative estimate of drug-likeness (QED) is 0.716. The van der Waals surface area contributed by atoms with Gasteiger partial charge in [-0.2, -0.15) is 0 Å². The number of rotatable bonds is 2. The van der Waals surface area contributed by atoms with Crippen LogP contribution < -0.4 is 4.90 Å². The SMILES string of the molecule is CC(=O)c1ccc(N2CCOC2=O)cc1C. The number of nitrogens with zero attached hydrogens (tertiary/aromatic N) is 1. The second-order valence-electron chi connectivity index (χ2n) is 3.82. The minimum Gasteiger partial charge on any atom is -0.447 e. The maximum absolute atomic E-state index is 11.3. The molecule has 16 heavy (non-hydrogen) atoms. The highest BCUT2D eigenvalue weighted by Crippen LogP contribution is 2.22. The molecule has 0 aliphatic carbocycles. The van der Waals surface area contributed by atoms with Crippen molar-refractivity contribution in [1.82, 2.24) is 0 Å². The molecular formula is C12H13NO3. The van der Waals surface area contributed by atoms with E-state index < -0.39 is 0 Å². The zero-order valence-corrected chi connectivity index (χ0v) is 9.32. The van der Waals surface area contributed by atoms with Gasteiger partial charge in [0.05, 0.1) is 6.54 Å². The maximum atomic E-state index is 11.3. The van der Waals surface area contributed by atoms with E-state index in [0.29, 0.717) is 18.7 Å². The number of ether oxygens (including phenoxy) is 1. The summed E-state index contributed by atoms with van der Waals surface area (Å²) in [7, 11) is 0. The van der Waals surface area contributed by atoms with Crippen LogP contribution in [0.25, 0.3) is 0 Å². The summed E-state index contributed by atoms with van der Waals surface area (Å²) < 4.78 is 4.86. The number of hydrogen-bond acceptors (Lipinski definition) is 3. The number of aryl methyl sites for hydroxylation is 1. The van der Waals surface area contributed by atoms with E-state index in [1.54, 1.807) is 17.0 Å². The van der Waals surface area contributed by atoms with Crippen LogP contribution in [-0.4, -0.2) is 25.0 Å². The van der Waals surface area contributed by atoms with Crippen molar-refractivity contribution in [3.05, 3.63) is 29.3 Å². The number of carbonyl (C=O) groups excluding carboxylic acids is 2. The number of Topliss-reactive ketones (excluding diaryl/α,β-unsaturated/α-hetero) is 1. The largest absolute Gasteiger partial charge is 0.447 e. The minimum absolute atomic E-state index is 0.0352. The molecule has 0 saturated carbocycles. The first-order valence-electron chi connectivity index (χ1n) is 5.15. The highest BCUT2D eigenvalue weighted by molar-refractivity contribution is 5.97. The van der Waals surface area contributed by atoms with E-state index in [1.807, 2.05) is 13.0 Å². The smallest absolute Gasteiger partial charge is 0.414 e. The van der Waals surface area contributed by atoms with Crippen molar-refractivity contribution in [3.63, 3.8) is 0 Å². The molecule has 1 amide bonds. The number of ketones is 1. The summed E-state index contributed by atoms with van der Waals surface area (Å²) in [4.78, 5) is 24.2. The standard InChI is InChI=1S/C12H13NO3/c1-8-7-10(3-4-11(8)9(2)14)13-5-6-16-12(13)15/h3-4,7H,5-6H2,1-2H3. The molecule has 1 aromatic carbocycles. The number of hydrogen-bond donors (Lipinski definition) is 0. The third-order valence-electron chi connectivity index (χ3n) is 2.66. The molecule has 0 atom stereocenters. The molecule has 2 rings (SSSR count). The lowest BCUT2D eigenvalue weighted by Gasteiger charge is -2.14. The molecule has 1 aromatic rings. The first kappa shape index (κ1) is 10.7. The Balaban J connectivity index is 2.34. The van der Waals surface area contributed by atoms with Crippen LogP contribution in [0.1, 0.15) is 22.8 Å². The van der Waals surface area contributed by atoms with Gasteiger partial charge in [-0.05, 0) is 37.6 Å². The monoisotopic (exact) mass is 219 g/mol. The summed E-state index contributed by atoms with van der Waals surface area (Å²) >= 11 is 0. The van der Waals surface area contributed by atoms with Gasteiger partial charge < -0.3 is 4.74 Å². The first-order chi connectivity index (χ1) is 7.59. The molecule has 0 unspecified atom stereocenters. The number of carbonyl (C=O) groups is 2. The van der Waals surface area contributed by atoms with E-state index in [2.05, 4.69) is 0 Å². The zero-order chi connectivity index (χ0) is 11.7. The number of amides is 1. The van der Waals surface area contributed by atoms with Gasteiger partial charge >= 0.3 is 6.09 Å². The Morgan fingerprint density at radius 2 is 2.19 bits per heavy atom. The highest BCUT2D eigenvalue weighted by Gasteiger charge is 2.23. The molecule has 1 aliphatic rings. The van der Waals surface area contributed by atoms with E-state index in [0.717, 1.165) is 11.3 Å². The van der Waals surface area contributed by atoms with Crippen LogP contribution >= 0.6 is 0 Å². The fourth-order valence-electron chi connectivity index (χ4n) is 1.84. The van der Waals surface area contributed by atoms with Gasteiger partial charge in [0.2, 0.25) is 0 Å². The summed E-state index contributed by atoms with van der Waals surface area (Å²) in [6, 6.07) is 5.36. The van der Waals surface area contributed by atoms with E-state index in [1.165, 1.54) is 6.92 Å². The zero-order valence-electron chi connectivity index (χ0n) is 9.32. The van der Waals surface area contributed by atoms with Crippen molar-refractivity contribution in [2.24, 2.45) is 0 Å². The van der Waals surface area contributed by atoms with Gasteiger partial charge in [-0.15, -0.1) is 0 Å². The highest BCUT2D eigenvalue weighted by atomic mass is 16.6. The van der Waals surface area contributed by atoms with E-state index in [9.17, 15) is 9.59 Å². The third-order valence-corrected chi connectivity index (χ3v) is 2.66. The molecule has 4 heteroatoms. The number of anilines is 1. The van der Waals surface area contributed by atoms with Crippen molar-refractivity contribution in [3.8, 4) is 0 Å². The molecule has 4 nitrogen and oxygen atoms in total. The Morgan fingerprint density at radius 1 is 1.44 bits per heavy atom. The van der Waals surface area contributed by atoms with Gasteiger partial charge in [0.25, 0.3) is 0 Å². The Labute approximate surface area is 93.8 Å². The maximum Gasteiger partial charge on any atom is 0.414 e. The van der Waals surface area contributed by atoms with Crippen LogP contribution in [0, 0.1) is 6.92 Å². The molecule has 0 spiro atoms. The van der Waals surface area contributed by atoms with Gasteiger partial charge in [0, 0.05) is 11.3 Å². The van der Waals surface area contributed by atoms with E-state index in [-0.39, 0.29) is 11.9 Å². The van der Waals surface area contributed by atoms with Crippen LogP contribution in [0.2, 0.25) is 0 Å². The normalized spacial score (nSPS) is 15.1. The van der Waals surface area contributed by atoms with E-state index >= 15 is 0 Å². The fourth-order valence-corrected chi connectivity index (χ4v) is 1.84. The van der Waals surface area contributed by atoms with Crippen LogP contribution in [0.3, 0.4) is 0 Å². The lowest BCUT2D eigenvalue weighted by molar-refractivity contribution is 0.101. The topological polar surface area (TPSA) is 46.6 Å². The Hall–Kier alpha value is -1.84. The molecule has 84 valence electrons. The molecule has 1 heterocycles. The predicted molar refractivity (Wildman–Crippen MR) is 59.9 cm³/mol. The first-order valence-corrected chi connectivity index (χ1v) is 5.15. The van der Waals surface area contributed by atoms with Crippen molar-refractivity contribution in [2.75, 3.05) is 18.1 Å². The summed E-state index contributed by atoms with van der Waals surface area (Å²) in [6.07, 6.45) is -0.324. The predicted octanol–water partition coefficient (Wildman–Crippen LogP) is 2.15. The van der Waals surface area contributed by atoms with Crippen molar-refractivity contribution in [1.29, 1.82) is 0 Å². The van der Waals surface area contributed by atoms with Crippen LogP contribution in [0.15, 0.2) is 18.2 Å². The molecule has 1 fully saturated rings. The Kier molecular flexibility index (Phi) is 2.64. The molecule has 1 saturated heterocycles. The molecule has 0 aromatic heterocycles. The summed E-state index contributed by atoms with van der Waals surface area (Å²) in [5, 5.41) is 0. The van der Waals surface area contributed by atoms with E-state index in [4.69, 9.17) is 4.74 Å². The Bertz CT molecular complexity index is 454. The number of benzene rings is 1. The average Bonchev–Trinajstić information content (AvgIpc) is 2.63. The fraction of sp³-hybridized carbons (Fsp3) is 0.333. The van der Waals surface area contributed by atoms with Crippen molar-refractivity contribution < 1.29 is 14.3 Å². The van der Waals surface area contributed by atoms with Crippen LogP contribution in [0.5, 0.6) is 0 Å². The molecule has 0 bridgehead atoms. The van der Waals surface area contributed by atoms with Crippen molar-refractivity contribution in [2.45, 2.75) is 13.8 Å². The van der Waals surface area contributed by atoms with Gasteiger partial charge in [-0.25, -0.2) is 4.79 Å². The van der Waals surface area contributed by atoms with Crippen molar-refractivity contribution >= 4 is 17.6 Å². The minimum atomic E-state index is -0.324. The molecule has 1 aliphatic heterocycles. The molecule has 0 N–H and O–H groups in total. The second-order valence-corrected chi connectivity index (χ2v) is 3.82. The number of cyclic esters (lactones) is 1. The molecular weight excluding hydrogens is 206 g/mol. The Morgan fingerprint density at radius 3 is 2.69 bits per heavy atom. The lowest BCUT2D eigenvalue weighted by atomic mass is 10.0. The van der Waals surface area contributed by atoms with Crippen LogP contribution in [-0.2, 0) is 4.74 Å². The molecule has 0 radical (unpaired) electrons. The second kappa shape index (κ2) is 3.96. The van der Waals surface area contributed by atoms with Gasteiger partial charge in [0.15, 0.2) is 5.78 Å². The summed E-state index contributed by atoms with van der Waals surface area (Å²) in [5.41, 5.74) is 2.35. The lowest BCUT2D eigenvalue weighted by Crippen LogP contribution is -2.23. The summed E-state index contributed by atoms with van der Waals surface area (Å²) in [5.74, 6) is 0.0352. The third kappa shape index (κ3) is 1.78. The van der Waals surface area contributed by atoms with Crippen LogP contribution in [0.4, 0.5) is 10.5 Å². The van der Waals surface area contributed by atoms with Gasteiger partial charge in [-0.1, -0.05) is 0 Å². The van der Waals surface area contributed by atoms with Gasteiger partial charge in [-0.3, -0.25) is 9.69 Å².